The van der Waals surface area contributed by atoms with Gasteiger partial charge in [-0.3, -0.25) is 24.5 Å². The summed E-state index contributed by atoms with van der Waals surface area (Å²) < 4.78 is 0. The second kappa shape index (κ2) is 6.04. The molecule has 8 heteroatoms. The molecule has 1 aliphatic heterocycles. The van der Waals surface area contributed by atoms with Crippen LogP contribution in [0.5, 0.6) is 0 Å². The quantitative estimate of drug-likeness (QED) is 0.799. The molecule has 1 aromatic heterocycles. The fourth-order valence-corrected chi connectivity index (χ4v) is 3.03. The third kappa shape index (κ3) is 3.27. The van der Waals surface area contributed by atoms with Gasteiger partial charge in [0.25, 0.3) is 5.91 Å². The smallest absolute Gasteiger partial charge is 0.265 e. The minimum Gasteiger partial charge on any atom is -0.318 e. The van der Waals surface area contributed by atoms with Crippen LogP contribution in [-0.4, -0.2) is 41.1 Å². The highest BCUT2D eigenvalue weighted by Gasteiger charge is 2.36. The number of amides is 4. The van der Waals surface area contributed by atoms with Crippen molar-refractivity contribution in [3.05, 3.63) is 17.0 Å². The van der Waals surface area contributed by atoms with Gasteiger partial charge in [0.2, 0.25) is 17.7 Å². The molecule has 1 fully saturated rings. The number of piperazine rings is 1. The maximum atomic E-state index is 12.5. The van der Waals surface area contributed by atoms with Gasteiger partial charge in [-0.15, -0.1) is 11.3 Å². The molecule has 4 amide bonds. The number of hydrogen-bond donors (Lipinski definition) is 2. The summed E-state index contributed by atoms with van der Waals surface area (Å²) in [4.78, 5) is 48.3. The Morgan fingerprint density at radius 2 is 2.14 bits per heavy atom. The van der Waals surface area contributed by atoms with Gasteiger partial charge < -0.3 is 10.2 Å². The van der Waals surface area contributed by atoms with Crippen molar-refractivity contribution in [2.75, 3.05) is 11.9 Å². The van der Waals surface area contributed by atoms with Gasteiger partial charge in [0.1, 0.15) is 12.6 Å². The first-order valence-corrected chi connectivity index (χ1v) is 7.26. The number of carbonyl (C=O) groups is 4. The molecule has 1 aromatic rings. The van der Waals surface area contributed by atoms with E-state index in [1.807, 2.05) is 0 Å². The average Bonchev–Trinajstić information content (AvgIpc) is 2.84. The van der Waals surface area contributed by atoms with Crippen molar-refractivity contribution in [3.63, 3.8) is 0 Å². The van der Waals surface area contributed by atoms with Crippen molar-refractivity contribution in [2.45, 2.75) is 26.3 Å². The molecule has 1 aliphatic rings. The number of nitrogens with one attached hydrogen (secondary N) is 2. The average molecular weight is 309 g/mol. The van der Waals surface area contributed by atoms with Crippen LogP contribution in [0.3, 0.4) is 0 Å². The van der Waals surface area contributed by atoms with E-state index >= 15 is 0 Å². The number of hydrogen-bond acceptors (Lipinski definition) is 5. The normalized spacial score (nSPS) is 18.4. The van der Waals surface area contributed by atoms with Crippen LogP contribution in [0.15, 0.2) is 12.1 Å². The third-order valence-corrected chi connectivity index (χ3v) is 4.01. The summed E-state index contributed by atoms with van der Waals surface area (Å²) in [6.45, 7) is 3.01. The van der Waals surface area contributed by atoms with Gasteiger partial charge in [-0.05, 0) is 18.6 Å². The molecule has 21 heavy (non-hydrogen) atoms. The maximum Gasteiger partial charge on any atom is 0.265 e. The zero-order valence-corrected chi connectivity index (χ0v) is 12.5. The Balaban J connectivity index is 2.20. The van der Waals surface area contributed by atoms with E-state index in [1.165, 1.54) is 11.8 Å². The third-order valence-electron chi connectivity index (χ3n) is 3.02. The maximum absolute atomic E-state index is 12.5. The minimum atomic E-state index is -0.651. The number of rotatable bonds is 3. The Kier molecular flexibility index (Phi) is 4.37. The van der Waals surface area contributed by atoms with Crippen molar-refractivity contribution in [1.29, 1.82) is 0 Å². The zero-order chi connectivity index (χ0) is 15.6. The molecule has 112 valence electrons. The monoisotopic (exact) mass is 309 g/mol. The summed E-state index contributed by atoms with van der Waals surface area (Å²) in [5, 5.41) is 5.36. The first-order chi connectivity index (χ1) is 9.92. The molecule has 2 heterocycles. The largest absolute Gasteiger partial charge is 0.318 e. The van der Waals surface area contributed by atoms with Crippen molar-refractivity contribution < 1.29 is 19.2 Å². The lowest BCUT2D eigenvalue weighted by atomic mass is 10.1. The summed E-state index contributed by atoms with van der Waals surface area (Å²) in [5.41, 5.74) is 0. The van der Waals surface area contributed by atoms with Crippen LogP contribution in [0.1, 0.15) is 29.9 Å². The van der Waals surface area contributed by atoms with E-state index < -0.39 is 17.9 Å². The van der Waals surface area contributed by atoms with Crippen LogP contribution in [0.25, 0.3) is 0 Å². The molecule has 0 radical (unpaired) electrons. The first kappa shape index (κ1) is 15.2. The number of carbonyl (C=O) groups excluding carboxylic acids is 4. The van der Waals surface area contributed by atoms with Gasteiger partial charge in [-0.1, -0.05) is 6.92 Å². The van der Waals surface area contributed by atoms with Crippen LogP contribution < -0.4 is 10.6 Å². The van der Waals surface area contributed by atoms with E-state index in [-0.39, 0.29) is 18.4 Å². The highest BCUT2D eigenvalue weighted by atomic mass is 32.1. The minimum absolute atomic E-state index is 0.142. The van der Waals surface area contributed by atoms with Crippen LogP contribution in [0.2, 0.25) is 0 Å². The topological polar surface area (TPSA) is 95.6 Å². The highest BCUT2D eigenvalue weighted by Crippen LogP contribution is 2.24. The van der Waals surface area contributed by atoms with Gasteiger partial charge in [0.15, 0.2) is 0 Å². The Labute approximate surface area is 125 Å². The lowest BCUT2D eigenvalue weighted by molar-refractivity contribution is -0.138. The highest BCUT2D eigenvalue weighted by molar-refractivity contribution is 7.18. The summed E-state index contributed by atoms with van der Waals surface area (Å²) in [6.07, 6.45) is 0.425. The summed E-state index contributed by atoms with van der Waals surface area (Å²) >= 11 is 1.11. The Morgan fingerprint density at radius 1 is 1.43 bits per heavy atom. The molecule has 0 aromatic carbocycles. The Bertz CT molecular complexity index is 610. The molecule has 0 saturated carbocycles. The van der Waals surface area contributed by atoms with E-state index in [2.05, 4.69) is 10.6 Å². The van der Waals surface area contributed by atoms with E-state index in [4.69, 9.17) is 0 Å². The van der Waals surface area contributed by atoms with Gasteiger partial charge in [0.05, 0.1) is 9.88 Å². The first-order valence-electron chi connectivity index (χ1n) is 6.44. The van der Waals surface area contributed by atoms with Crippen LogP contribution in [0, 0.1) is 0 Å². The van der Waals surface area contributed by atoms with Gasteiger partial charge in [-0.25, -0.2) is 0 Å². The molecule has 0 spiro atoms. The summed E-state index contributed by atoms with van der Waals surface area (Å²) in [7, 11) is 0. The molecule has 2 rings (SSSR count). The molecule has 0 aliphatic carbocycles. The van der Waals surface area contributed by atoms with Gasteiger partial charge in [0, 0.05) is 6.92 Å². The van der Waals surface area contributed by atoms with Crippen molar-refractivity contribution >= 4 is 40.0 Å². The predicted octanol–water partition coefficient (Wildman–Crippen LogP) is 0.584. The van der Waals surface area contributed by atoms with E-state index in [1.54, 1.807) is 19.1 Å². The van der Waals surface area contributed by atoms with Gasteiger partial charge >= 0.3 is 0 Å². The lowest BCUT2D eigenvalue weighted by Crippen LogP contribution is -2.59. The summed E-state index contributed by atoms with van der Waals surface area (Å²) in [5.74, 6) is -1.56. The molecule has 1 saturated heterocycles. The lowest BCUT2D eigenvalue weighted by Gasteiger charge is -2.33. The van der Waals surface area contributed by atoms with E-state index in [0.29, 0.717) is 16.3 Å². The van der Waals surface area contributed by atoms with Crippen LogP contribution in [0.4, 0.5) is 5.00 Å². The molecule has 7 nitrogen and oxygen atoms in total. The number of thiophene rings is 1. The predicted molar refractivity (Wildman–Crippen MR) is 76.9 cm³/mol. The van der Waals surface area contributed by atoms with Crippen LogP contribution >= 0.6 is 11.3 Å². The standard InChI is InChI=1S/C13H15N3O4S/c1-3-8-12(19)15-10(18)6-16(8)13(20)9-4-5-11(21-9)14-7(2)17/h4-5,8H,3,6H2,1-2H3,(H,14,17)(H,15,18,19). The second-order valence-corrected chi connectivity index (χ2v) is 5.70. The molecular weight excluding hydrogens is 294 g/mol. The second-order valence-electron chi connectivity index (χ2n) is 4.61. The SMILES string of the molecule is CCC1C(=O)NC(=O)CN1C(=O)c1ccc(NC(C)=O)s1. The molecule has 1 unspecified atom stereocenters. The van der Waals surface area contributed by atoms with Crippen molar-refractivity contribution in [2.24, 2.45) is 0 Å². The Hall–Kier alpha value is -2.22. The summed E-state index contributed by atoms with van der Waals surface area (Å²) in [6, 6.07) is 2.54. The van der Waals surface area contributed by atoms with Crippen LogP contribution in [-0.2, 0) is 14.4 Å². The van der Waals surface area contributed by atoms with E-state index in [0.717, 1.165) is 11.3 Å². The van der Waals surface area contributed by atoms with Crippen molar-refractivity contribution in [3.8, 4) is 0 Å². The molecule has 1 atom stereocenters. The number of anilines is 1. The number of imide groups is 1. The van der Waals surface area contributed by atoms with E-state index in [9.17, 15) is 19.2 Å². The zero-order valence-electron chi connectivity index (χ0n) is 11.6. The van der Waals surface area contributed by atoms with Crippen molar-refractivity contribution in [1.82, 2.24) is 10.2 Å². The number of nitrogens with zero attached hydrogens (tertiary/aromatic N) is 1. The fraction of sp³-hybridized carbons (Fsp3) is 0.385. The Morgan fingerprint density at radius 3 is 2.76 bits per heavy atom. The molecular formula is C13H15N3O4S. The molecule has 0 bridgehead atoms. The fourth-order valence-electron chi connectivity index (χ4n) is 2.12. The van der Waals surface area contributed by atoms with Gasteiger partial charge in [-0.2, -0.15) is 0 Å². The molecule has 2 N–H and O–H groups in total.